The van der Waals surface area contributed by atoms with Crippen LogP contribution in [0.4, 0.5) is 0 Å². The van der Waals surface area contributed by atoms with Gasteiger partial charge in [-0.1, -0.05) is 0 Å². The number of rotatable bonds is 2. The van der Waals surface area contributed by atoms with Crippen molar-refractivity contribution in [1.82, 2.24) is 0 Å². The van der Waals surface area contributed by atoms with Crippen molar-refractivity contribution in [3.8, 4) is 0 Å². The van der Waals surface area contributed by atoms with Crippen LogP contribution in [0.15, 0.2) is 41.0 Å². The van der Waals surface area contributed by atoms with Gasteiger partial charge in [-0.05, 0) is 0 Å². The van der Waals surface area contributed by atoms with Crippen molar-refractivity contribution in [3.63, 3.8) is 0 Å². The van der Waals surface area contributed by atoms with Gasteiger partial charge >= 0.3 is 105 Å². The number of hydrogen-bond donors (Lipinski definition) is 0. The zero-order valence-electron chi connectivity index (χ0n) is 10.1. The average molecular weight is 278 g/mol. The van der Waals surface area contributed by atoms with Crippen LogP contribution in [0, 0.1) is 0 Å². The van der Waals surface area contributed by atoms with E-state index in [9.17, 15) is 0 Å². The maximum absolute atomic E-state index is 2.47. The molecule has 2 aliphatic carbocycles. The summed E-state index contributed by atoms with van der Waals surface area (Å²) in [6.07, 6.45) is 7.35. The van der Waals surface area contributed by atoms with Gasteiger partial charge in [-0.25, -0.2) is 0 Å². The Bertz CT molecular complexity index is 377. The second-order valence-corrected chi connectivity index (χ2v) is 7.84. The van der Waals surface area contributed by atoms with Crippen molar-refractivity contribution in [3.05, 3.63) is 41.0 Å². The zero-order valence-corrected chi connectivity index (χ0v) is 12.5. The molecule has 0 nitrogen and oxygen atoms in total. The topological polar surface area (TPSA) is 0 Å². The van der Waals surface area contributed by atoms with E-state index < -0.39 is 23.2 Å². The van der Waals surface area contributed by atoms with E-state index in [0.29, 0.717) is 0 Å². The van der Waals surface area contributed by atoms with Crippen LogP contribution in [0.1, 0.15) is 40.5 Å². The van der Waals surface area contributed by atoms with E-state index in [1.165, 1.54) is 12.8 Å². The van der Waals surface area contributed by atoms with Gasteiger partial charge < -0.3 is 0 Å². The van der Waals surface area contributed by atoms with Crippen molar-refractivity contribution < 1.29 is 23.2 Å². The standard InChI is InChI=1S/2C7H9.Zr/c2*1-6-4-3-5-7(6)2;/h2*3H,4H2,1-2H3;. The van der Waals surface area contributed by atoms with Gasteiger partial charge in [0.05, 0.1) is 0 Å². The van der Waals surface area contributed by atoms with E-state index in [1.807, 2.05) is 0 Å². The summed E-state index contributed by atoms with van der Waals surface area (Å²) in [6, 6.07) is 0. The van der Waals surface area contributed by atoms with Crippen molar-refractivity contribution in [2.45, 2.75) is 40.5 Å². The van der Waals surface area contributed by atoms with E-state index in [4.69, 9.17) is 0 Å². The van der Waals surface area contributed by atoms with E-state index in [1.54, 1.807) is 28.9 Å². The third kappa shape index (κ3) is 2.18. The number of allylic oxidation sites excluding steroid dienone is 8. The Balaban J connectivity index is 2.13. The molecule has 2 rings (SSSR count). The molecule has 0 N–H and O–H groups in total. The summed E-state index contributed by atoms with van der Waals surface area (Å²) in [5.41, 5.74) is 6.37. The van der Waals surface area contributed by atoms with Gasteiger partial charge in [-0.15, -0.1) is 0 Å². The summed E-state index contributed by atoms with van der Waals surface area (Å²) < 4.78 is 3.44. The van der Waals surface area contributed by atoms with Gasteiger partial charge in [0.25, 0.3) is 0 Å². The molecule has 0 aromatic carbocycles. The van der Waals surface area contributed by atoms with Crippen LogP contribution in [0.25, 0.3) is 0 Å². The van der Waals surface area contributed by atoms with Crippen LogP contribution in [0.5, 0.6) is 0 Å². The molecular weight excluding hydrogens is 259 g/mol. The van der Waals surface area contributed by atoms with Gasteiger partial charge in [0.15, 0.2) is 0 Å². The Hall–Kier alpha value is -0.157. The van der Waals surface area contributed by atoms with Crippen LogP contribution in [-0.4, -0.2) is 0 Å². The Morgan fingerprint density at radius 3 is 1.47 bits per heavy atom. The molecule has 2 aliphatic rings. The second-order valence-electron chi connectivity index (χ2n) is 4.58. The quantitative estimate of drug-likeness (QED) is 0.705. The molecule has 0 amide bonds. The van der Waals surface area contributed by atoms with Crippen molar-refractivity contribution in [2.75, 3.05) is 0 Å². The van der Waals surface area contributed by atoms with Gasteiger partial charge in [-0.2, -0.15) is 0 Å². The molecule has 0 heterocycles. The first-order valence-electron chi connectivity index (χ1n) is 5.60. The molecule has 1 heteroatoms. The van der Waals surface area contributed by atoms with Gasteiger partial charge in [-0.3, -0.25) is 0 Å². The van der Waals surface area contributed by atoms with Crippen molar-refractivity contribution in [2.24, 2.45) is 0 Å². The fourth-order valence-corrected chi connectivity index (χ4v) is 5.70. The van der Waals surface area contributed by atoms with Crippen LogP contribution >= 0.6 is 0 Å². The van der Waals surface area contributed by atoms with Gasteiger partial charge in [0.1, 0.15) is 0 Å². The summed E-state index contributed by atoms with van der Waals surface area (Å²) in [4.78, 5) is 0. The first-order valence-corrected chi connectivity index (χ1v) is 8.06. The minimum atomic E-state index is -0.486. The Morgan fingerprint density at radius 2 is 1.20 bits per heavy atom. The first-order chi connectivity index (χ1) is 7.09. The van der Waals surface area contributed by atoms with E-state index in [0.717, 1.165) is 0 Å². The van der Waals surface area contributed by atoms with Crippen LogP contribution in [-0.2, 0) is 23.2 Å². The molecule has 0 spiro atoms. The summed E-state index contributed by atoms with van der Waals surface area (Å²) in [5.74, 6) is 0. The molecule has 0 saturated heterocycles. The Labute approximate surface area is 104 Å². The first kappa shape index (κ1) is 11.3. The Kier molecular flexibility index (Phi) is 3.31. The predicted molar refractivity (Wildman–Crippen MR) is 62.1 cm³/mol. The molecule has 0 atom stereocenters. The molecule has 0 fully saturated rings. The molecule has 0 aromatic heterocycles. The van der Waals surface area contributed by atoms with E-state index >= 15 is 0 Å². The van der Waals surface area contributed by atoms with E-state index in [-0.39, 0.29) is 0 Å². The normalized spacial score (nSPS) is 21.1. The van der Waals surface area contributed by atoms with Crippen LogP contribution < -0.4 is 0 Å². The molecule has 78 valence electrons. The SMILES string of the molecule is CC1=C(C)[C]([Zr][C]2=CCC(C)=C2C)=CC1. The summed E-state index contributed by atoms with van der Waals surface area (Å²) in [7, 11) is 0. The van der Waals surface area contributed by atoms with Crippen molar-refractivity contribution in [1.29, 1.82) is 0 Å². The van der Waals surface area contributed by atoms with E-state index in [2.05, 4.69) is 39.8 Å². The monoisotopic (exact) mass is 276 g/mol. The average Bonchev–Trinajstić information content (AvgIpc) is 2.68. The molecule has 0 saturated carbocycles. The Morgan fingerprint density at radius 1 is 0.800 bits per heavy atom. The van der Waals surface area contributed by atoms with Crippen molar-refractivity contribution >= 4 is 0 Å². The van der Waals surface area contributed by atoms with Crippen LogP contribution in [0.2, 0.25) is 0 Å². The maximum atomic E-state index is 2.47. The molecule has 15 heavy (non-hydrogen) atoms. The summed E-state index contributed by atoms with van der Waals surface area (Å²) >= 11 is -0.486. The predicted octanol–water partition coefficient (Wildman–Crippen LogP) is 4.32. The molecule has 0 aliphatic heterocycles. The third-order valence-electron chi connectivity index (χ3n) is 3.58. The fourth-order valence-electron chi connectivity index (χ4n) is 2.02. The molecule has 0 radical (unpaired) electrons. The molecular formula is C14H18Zr. The third-order valence-corrected chi connectivity index (χ3v) is 7.75. The number of hydrogen-bond acceptors (Lipinski definition) is 0. The summed E-state index contributed by atoms with van der Waals surface area (Å²) in [5, 5.41) is 0. The molecule has 0 bridgehead atoms. The minimum absolute atomic E-state index is 0.486. The fraction of sp³-hybridized carbons (Fsp3) is 0.429. The molecule has 0 unspecified atom stereocenters. The van der Waals surface area contributed by atoms with Gasteiger partial charge in [0, 0.05) is 0 Å². The van der Waals surface area contributed by atoms with Gasteiger partial charge in [0.2, 0.25) is 0 Å². The summed E-state index contributed by atoms with van der Waals surface area (Å²) in [6.45, 7) is 9.15. The zero-order chi connectivity index (χ0) is 11.0. The molecule has 0 aromatic rings. The van der Waals surface area contributed by atoms with Crippen LogP contribution in [0.3, 0.4) is 0 Å². The second kappa shape index (κ2) is 4.38.